The molecule has 0 N–H and O–H groups in total. The number of amides is 2. The maximum Gasteiger partial charge on any atom is 0.293 e. The molecule has 0 bridgehead atoms. The largest absolute Gasteiger partial charge is 0.457 e. The molecule has 140 valence electrons. The molecule has 0 atom stereocenters. The first-order valence-corrected chi connectivity index (χ1v) is 10.3. The van der Waals surface area contributed by atoms with E-state index in [9.17, 15) is 9.59 Å². The van der Waals surface area contributed by atoms with Crippen LogP contribution in [0.4, 0.5) is 4.79 Å². The van der Waals surface area contributed by atoms with Gasteiger partial charge in [-0.15, -0.1) is 0 Å². The van der Waals surface area contributed by atoms with Crippen molar-refractivity contribution >= 4 is 56.5 Å². The number of halogens is 2. The van der Waals surface area contributed by atoms with Gasteiger partial charge in [0.25, 0.3) is 11.1 Å². The van der Waals surface area contributed by atoms with Crippen LogP contribution in [0.25, 0.3) is 17.4 Å². The third-order valence-corrected chi connectivity index (χ3v) is 5.81. The topological polar surface area (TPSA) is 50.5 Å². The summed E-state index contributed by atoms with van der Waals surface area (Å²) in [6.07, 6.45) is 1.60. The summed E-state index contributed by atoms with van der Waals surface area (Å²) in [5.41, 5.74) is 1.73. The molecular formula is C21H13BrClNO3S. The summed E-state index contributed by atoms with van der Waals surface area (Å²) < 4.78 is 6.74. The maximum absolute atomic E-state index is 12.7. The van der Waals surface area contributed by atoms with Crippen molar-refractivity contribution in [3.8, 4) is 11.3 Å². The van der Waals surface area contributed by atoms with Crippen LogP contribution < -0.4 is 0 Å². The van der Waals surface area contributed by atoms with Gasteiger partial charge in [0.2, 0.25) is 0 Å². The van der Waals surface area contributed by atoms with E-state index in [1.54, 1.807) is 24.3 Å². The number of hydrogen-bond acceptors (Lipinski definition) is 4. The molecule has 0 radical (unpaired) electrons. The normalized spacial score (nSPS) is 15.6. The molecule has 2 amide bonds. The van der Waals surface area contributed by atoms with Gasteiger partial charge in [0.05, 0.1) is 11.4 Å². The average molecular weight is 475 g/mol. The molecule has 4 nitrogen and oxygen atoms in total. The first-order valence-electron chi connectivity index (χ1n) is 8.35. The van der Waals surface area contributed by atoms with Crippen LogP contribution in [0.3, 0.4) is 0 Å². The van der Waals surface area contributed by atoms with Gasteiger partial charge >= 0.3 is 0 Å². The molecule has 28 heavy (non-hydrogen) atoms. The fourth-order valence-corrected chi connectivity index (χ4v) is 4.04. The van der Waals surface area contributed by atoms with Crippen molar-refractivity contribution in [1.82, 2.24) is 4.90 Å². The van der Waals surface area contributed by atoms with Gasteiger partial charge in [0.1, 0.15) is 11.5 Å². The number of nitrogens with zero attached hydrogens (tertiary/aromatic N) is 1. The molecule has 2 aromatic carbocycles. The molecule has 1 saturated heterocycles. The van der Waals surface area contributed by atoms with Crippen molar-refractivity contribution in [2.45, 2.75) is 6.54 Å². The molecule has 0 spiro atoms. The quantitative estimate of drug-likeness (QED) is 0.400. The summed E-state index contributed by atoms with van der Waals surface area (Å²) in [5, 5.41) is 0.324. The van der Waals surface area contributed by atoms with Gasteiger partial charge < -0.3 is 4.42 Å². The lowest BCUT2D eigenvalue weighted by molar-refractivity contribution is -0.123. The minimum Gasteiger partial charge on any atom is -0.457 e. The van der Waals surface area contributed by atoms with E-state index < -0.39 is 0 Å². The van der Waals surface area contributed by atoms with Crippen LogP contribution in [0.15, 0.2) is 74.5 Å². The second kappa shape index (κ2) is 7.99. The number of furan rings is 1. The molecule has 7 heteroatoms. The summed E-state index contributed by atoms with van der Waals surface area (Å²) in [7, 11) is 0. The second-order valence-corrected chi connectivity index (χ2v) is 8.45. The predicted octanol–water partition coefficient (Wildman–Crippen LogP) is 6.60. The van der Waals surface area contributed by atoms with Crippen LogP contribution in [0.5, 0.6) is 0 Å². The summed E-state index contributed by atoms with van der Waals surface area (Å²) in [5.74, 6) is 0.825. The zero-order valence-corrected chi connectivity index (χ0v) is 17.6. The lowest BCUT2D eigenvalue weighted by Gasteiger charge is -2.12. The van der Waals surface area contributed by atoms with E-state index in [0.717, 1.165) is 27.4 Å². The Bertz CT molecular complexity index is 1090. The first kappa shape index (κ1) is 19.1. The third-order valence-electron chi connectivity index (χ3n) is 4.14. The minimum atomic E-state index is -0.321. The van der Waals surface area contributed by atoms with E-state index in [-0.39, 0.29) is 17.7 Å². The van der Waals surface area contributed by atoms with Crippen molar-refractivity contribution in [3.63, 3.8) is 0 Å². The highest BCUT2D eigenvalue weighted by Crippen LogP contribution is 2.34. The van der Waals surface area contributed by atoms with Crippen molar-refractivity contribution < 1.29 is 14.0 Å². The molecule has 1 aromatic heterocycles. The molecule has 1 aliphatic rings. The summed E-state index contributed by atoms with van der Waals surface area (Å²) in [6.45, 7) is 0.237. The highest BCUT2D eigenvalue weighted by molar-refractivity contribution is 9.10. The minimum absolute atomic E-state index is 0.237. The molecule has 0 unspecified atom stereocenters. The Morgan fingerprint density at radius 2 is 1.86 bits per heavy atom. The number of thioether (sulfide) groups is 1. The van der Waals surface area contributed by atoms with E-state index in [2.05, 4.69) is 15.9 Å². The SMILES string of the molecule is O=C1S/C(=C\c2ccc(-c3cccc(Cl)c3)o2)C(=O)N1Cc1ccc(Br)cc1. The molecule has 1 fully saturated rings. The van der Waals surface area contributed by atoms with Crippen molar-refractivity contribution in [2.75, 3.05) is 0 Å². The van der Waals surface area contributed by atoms with E-state index in [1.165, 1.54) is 4.90 Å². The number of hydrogen-bond donors (Lipinski definition) is 0. The standard InChI is InChI=1S/C21H13BrClNO3S/c22-15-6-4-13(5-7-15)12-24-20(25)19(28-21(24)26)11-17-8-9-18(27-17)14-2-1-3-16(23)10-14/h1-11H,12H2/b19-11-. The molecule has 4 rings (SSSR count). The van der Waals surface area contributed by atoms with Gasteiger partial charge in [-0.25, -0.2) is 0 Å². The van der Waals surface area contributed by atoms with Crippen LogP contribution in [-0.2, 0) is 11.3 Å². The van der Waals surface area contributed by atoms with Crippen LogP contribution in [0, 0.1) is 0 Å². The first-order chi connectivity index (χ1) is 13.5. The Morgan fingerprint density at radius 1 is 1.07 bits per heavy atom. The zero-order chi connectivity index (χ0) is 19.7. The predicted molar refractivity (Wildman–Crippen MR) is 115 cm³/mol. The lowest BCUT2D eigenvalue weighted by atomic mass is 10.2. The fourth-order valence-electron chi connectivity index (χ4n) is 2.77. The molecule has 0 saturated carbocycles. The highest BCUT2D eigenvalue weighted by atomic mass is 79.9. The van der Waals surface area contributed by atoms with Crippen LogP contribution in [-0.4, -0.2) is 16.0 Å². The highest BCUT2D eigenvalue weighted by Gasteiger charge is 2.35. The zero-order valence-electron chi connectivity index (χ0n) is 14.4. The monoisotopic (exact) mass is 473 g/mol. The Hall–Kier alpha value is -2.28. The average Bonchev–Trinajstić information content (AvgIpc) is 3.24. The Kier molecular flexibility index (Phi) is 5.44. The third kappa shape index (κ3) is 4.09. The van der Waals surface area contributed by atoms with Gasteiger partial charge in [-0.2, -0.15) is 0 Å². The summed E-state index contributed by atoms with van der Waals surface area (Å²) in [6, 6.07) is 18.4. The maximum atomic E-state index is 12.7. The van der Waals surface area contributed by atoms with Crippen LogP contribution in [0.1, 0.15) is 11.3 Å². The molecule has 0 aliphatic carbocycles. The van der Waals surface area contributed by atoms with Crippen LogP contribution in [0.2, 0.25) is 5.02 Å². The van der Waals surface area contributed by atoms with Crippen molar-refractivity contribution in [3.05, 3.63) is 86.4 Å². The van der Waals surface area contributed by atoms with E-state index in [0.29, 0.717) is 21.4 Å². The van der Waals surface area contributed by atoms with Gasteiger partial charge in [0, 0.05) is 21.1 Å². The van der Waals surface area contributed by atoms with Crippen molar-refractivity contribution in [1.29, 1.82) is 0 Å². The smallest absolute Gasteiger partial charge is 0.293 e. The molecule has 2 heterocycles. The molecular weight excluding hydrogens is 462 g/mol. The fraction of sp³-hybridized carbons (Fsp3) is 0.0476. The number of imide groups is 1. The van der Waals surface area contributed by atoms with Gasteiger partial charge in [0.15, 0.2) is 0 Å². The number of rotatable bonds is 4. The lowest BCUT2D eigenvalue weighted by Crippen LogP contribution is -2.27. The van der Waals surface area contributed by atoms with Crippen LogP contribution >= 0.6 is 39.3 Å². The number of carbonyl (C=O) groups is 2. The molecule has 3 aromatic rings. The van der Waals surface area contributed by atoms with E-state index >= 15 is 0 Å². The van der Waals surface area contributed by atoms with E-state index in [1.807, 2.05) is 42.5 Å². The Morgan fingerprint density at radius 3 is 2.61 bits per heavy atom. The summed E-state index contributed by atoms with van der Waals surface area (Å²) >= 11 is 10.3. The summed E-state index contributed by atoms with van der Waals surface area (Å²) in [4.78, 5) is 26.5. The Balaban J connectivity index is 1.53. The van der Waals surface area contributed by atoms with E-state index in [4.69, 9.17) is 16.0 Å². The number of carbonyl (C=O) groups excluding carboxylic acids is 2. The van der Waals surface area contributed by atoms with Gasteiger partial charge in [-0.05, 0) is 53.7 Å². The second-order valence-electron chi connectivity index (χ2n) is 6.11. The Labute approximate surface area is 179 Å². The molecule has 1 aliphatic heterocycles. The van der Waals surface area contributed by atoms with Gasteiger partial charge in [-0.3, -0.25) is 14.5 Å². The number of benzene rings is 2. The van der Waals surface area contributed by atoms with Crippen molar-refractivity contribution in [2.24, 2.45) is 0 Å². The van der Waals surface area contributed by atoms with Gasteiger partial charge in [-0.1, -0.05) is 51.8 Å².